The lowest BCUT2D eigenvalue weighted by Crippen LogP contribution is -2.57. The van der Waals surface area contributed by atoms with E-state index in [1.807, 2.05) is 37.8 Å². The van der Waals surface area contributed by atoms with E-state index in [0.29, 0.717) is 25.3 Å². The molecule has 7 heteroatoms. The van der Waals surface area contributed by atoms with Crippen molar-refractivity contribution in [3.63, 3.8) is 0 Å². The van der Waals surface area contributed by atoms with Gasteiger partial charge >= 0.3 is 12.1 Å². The third kappa shape index (κ3) is 5.97. The van der Waals surface area contributed by atoms with E-state index in [2.05, 4.69) is 26.8 Å². The molecule has 1 aromatic rings. The molecular formula is C30H43NO6. The average Bonchev–Trinajstić information content (AvgIpc) is 2.82. The first kappa shape index (κ1) is 27.5. The minimum absolute atomic E-state index is 0.0748. The number of methoxy groups -OCH3 is 1. The summed E-state index contributed by atoms with van der Waals surface area (Å²) in [5.41, 5.74) is 1.55. The van der Waals surface area contributed by atoms with Gasteiger partial charge in [0.15, 0.2) is 0 Å². The van der Waals surface area contributed by atoms with Crippen molar-refractivity contribution in [3.8, 4) is 5.75 Å². The maximum absolute atomic E-state index is 12.9. The molecule has 3 aliphatic heterocycles. The number of nitrogens with zero attached hydrogens (tertiary/aromatic N) is 1. The fourth-order valence-electron chi connectivity index (χ4n) is 6.15. The molecule has 0 aromatic heterocycles. The number of fused-ring (bicyclic) bond motifs is 3. The number of piperidine rings is 1. The summed E-state index contributed by atoms with van der Waals surface area (Å²) in [7, 11) is 1.39. The Kier molecular flexibility index (Phi) is 7.67. The molecule has 4 atom stereocenters. The van der Waals surface area contributed by atoms with Gasteiger partial charge in [-0.05, 0) is 91.8 Å². The molecule has 37 heavy (non-hydrogen) atoms. The lowest BCUT2D eigenvalue weighted by Gasteiger charge is -2.55. The molecule has 1 unspecified atom stereocenters. The standard InChI is InChI=1S/C30H43NO6/c1-20(2)10-8-13-29(6)23-17-30(14-9-15-31(18-30)27(33)37-28(3,4)5)19-35-25(23)22-16-21(26(32)34-7)11-12-24(22)36-29/h10-12,16,23,25H,8-9,13-15,17-19H2,1-7H3/t23-,25+,29+,30?/m1/s1. The monoisotopic (exact) mass is 513 g/mol. The number of likely N-dealkylation sites (tertiary alicyclic amines) is 1. The van der Waals surface area contributed by atoms with E-state index in [4.69, 9.17) is 18.9 Å². The fourth-order valence-corrected chi connectivity index (χ4v) is 6.15. The van der Waals surface area contributed by atoms with Gasteiger partial charge in [-0.15, -0.1) is 0 Å². The predicted octanol–water partition coefficient (Wildman–Crippen LogP) is 6.47. The van der Waals surface area contributed by atoms with E-state index in [0.717, 1.165) is 43.4 Å². The van der Waals surface area contributed by atoms with Crippen molar-refractivity contribution in [2.45, 2.75) is 91.0 Å². The molecule has 0 bridgehead atoms. The number of hydrogen-bond donors (Lipinski definition) is 0. The Bertz CT molecular complexity index is 1050. The minimum Gasteiger partial charge on any atom is -0.487 e. The average molecular weight is 514 g/mol. The van der Waals surface area contributed by atoms with Crippen molar-refractivity contribution < 1.29 is 28.5 Å². The number of amides is 1. The van der Waals surface area contributed by atoms with Crippen LogP contribution in [0.3, 0.4) is 0 Å². The smallest absolute Gasteiger partial charge is 0.410 e. The van der Waals surface area contributed by atoms with Crippen LogP contribution in [0.4, 0.5) is 4.79 Å². The molecule has 4 rings (SSSR count). The van der Waals surface area contributed by atoms with E-state index in [9.17, 15) is 9.59 Å². The van der Waals surface area contributed by atoms with E-state index >= 15 is 0 Å². The molecule has 3 aliphatic rings. The highest BCUT2D eigenvalue weighted by molar-refractivity contribution is 5.89. The fraction of sp³-hybridized carbons (Fsp3) is 0.667. The third-order valence-electron chi connectivity index (χ3n) is 7.96. The molecular weight excluding hydrogens is 470 g/mol. The van der Waals surface area contributed by atoms with Gasteiger partial charge < -0.3 is 23.8 Å². The van der Waals surface area contributed by atoms with Gasteiger partial charge in [-0.1, -0.05) is 11.6 Å². The topological polar surface area (TPSA) is 74.3 Å². The predicted molar refractivity (Wildman–Crippen MR) is 142 cm³/mol. The zero-order chi connectivity index (χ0) is 27.0. The second-order valence-electron chi connectivity index (χ2n) is 12.5. The van der Waals surface area contributed by atoms with Gasteiger partial charge in [0.25, 0.3) is 0 Å². The van der Waals surface area contributed by atoms with Crippen LogP contribution in [0, 0.1) is 11.3 Å². The second-order valence-corrected chi connectivity index (χ2v) is 12.5. The first-order chi connectivity index (χ1) is 17.3. The first-order valence-electron chi connectivity index (χ1n) is 13.5. The highest BCUT2D eigenvalue weighted by atomic mass is 16.6. The Morgan fingerprint density at radius 1 is 1.24 bits per heavy atom. The SMILES string of the molecule is COC(=O)c1ccc2c(c1)[C@@H]1OCC3(CCCN(C(=O)OC(C)(C)C)C3)C[C@H]1[C@](C)(CCC=C(C)C)O2. The highest BCUT2D eigenvalue weighted by Gasteiger charge is 2.55. The van der Waals surface area contributed by atoms with Gasteiger partial charge in [-0.3, -0.25) is 0 Å². The van der Waals surface area contributed by atoms with Crippen molar-refractivity contribution >= 4 is 12.1 Å². The van der Waals surface area contributed by atoms with Gasteiger partial charge in [-0.2, -0.15) is 0 Å². The normalized spacial score (nSPS) is 29.0. The summed E-state index contributed by atoms with van der Waals surface area (Å²) in [4.78, 5) is 27.1. The number of allylic oxidation sites excluding steroid dienone is 2. The molecule has 0 saturated carbocycles. The number of ether oxygens (including phenoxy) is 4. The lowest BCUT2D eigenvalue weighted by molar-refractivity contribution is -0.180. The summed E-state index contributed by atoms with van der Waals surface area (Å²) in [6, 6.07) is 5.49. The molecule has 204 valence electrons. The van der Waals surface area contributed by atoms with Crippen LogP contribution in [0.1, 0.15) is 95.7 Å². The van der Waals surface area contributed by atoms with Crippen molar-refractivity contribution in [2.24, 2.45) is 11.3 Å². The summed E-state index contributed by atoms with van der Waals surface area (Å²) >= 11 is 0. The summed E-state index contributed by atoms with van der Waals surface area (Å²) in [6.45, 7) is 14.0. The lowest BCUT2D eigenvalue weighted by atomic mass is 9.64. The Morgan fingerprint density at radius 2 is 2.00 bits per heavy atom. The first-order valence-corrected chi connectivity index (χ1v) is 13.5. The number of rotatable bonds is 4. The van der Waals surface area contributed by atoms with Crippen LogP contribution in [0.25, 0.3) is 0 Å². The zero-order valence-corrected chi connectivity index (χ0v) is 23.5. The quantitative estimate of drug-likeness (QED) is 0.340. The largest absolute Gasteiger partial charge is 0.487 e. The maximum Gasteiger partial charge on any atom is 0.410 e. The Labute approximate surface area is 221 Å². The highest BCUT2D eigenvalue weighted by Crippen LogP contribution is 2.56. The number of esters is 1. The van der Waals surface area contributed by atoms with Gasteiger partial charge in [0.05, 0.1) is 25.4 Å². The van der Waals surface area contributed by atoms with E-state index in [1.54, 1.807) is 6.07 Å². The van der Waals surface area contributed by atoms with Crippen LogP contribution < -0.4 is 4.74 Å². The molecule has 1 spiro atoms. The van der Waals surface area contributed by atoms with Gasteiger partial charge in [0.2, 0.25) is 0 Å². The second kappa shape index (κ2) is 10.3. The van der Waals surface area contributed by atoms with Crippen LogP contribution in [0.15, 0.2) is 29.8 Å². The maximum atomic E-state index is 12.9. The Morgan fingerprint density at radius 3 is 2.68 bits per heavy atom. The van der Waals surface area contributed by atoms with E-state index < -0.39 is 11.2 Å². The number of carbonyl (C=O) groups is 2. The zero-order valence-electron chi connectivity index (χ0n) is 23.5. The summed E-state index contributed by atoms with van der Waals surface area (Å²) < 4.78 is 24.1. The van der Waals surface area contributed by atoms with Crippen molar-refractivity contribution in [1.82, 2.24) is 4.90 Å². The molecule has 0 radical (unpaired) electrons. The van der Waals surface area contributed by atoms with E-state index in [-0.39, 0.29) is 29.5 Å². The van der Waals surface area contributed by atoms with Crippen molar-refractivity contribution in [3.05, 3.63) is 41.0 Å². The van der Waals surface area contributed by atoms with Crippen molar-refractivity contribution in [2.75, 3.05) is 26.8 Å². The molecule has 2 fully saturated rings. The summed E-state index contributed by atoms with van der Waals surface area (Å²) in [5.74, 6) is 0.471. The van der Waals surface area contributed by atoms with Crippen LogP contribution in [0.5, 0.6) is 5.75 Å². The number of hydrogen-bond acceptors (Lipinski definition) is 6. The van der Waals surface area contributed by atoms with Crippen molar-refractivity contribution in [1.29, 1.82) is 0 Å². The van der Waals surface area contributed by atoms with Gasteiger partial charge in [0, 0.05) is 30.0 Å². The molecule has 1 amide bonds. The van der Waals surface area contributed by atoms with Crippen LogP contribution >= 0.6 is 0 Å². The van der Waals surface area contributed by atoms with Crippen LogP contribution in [-0.4, -0.2) is 55.0 Å². The van der Waals surface area contributed by atoms with Crippen LogP contribution in [0.2, 0.25) is 0 Å². The summed E-state index contributed by atoms with van der Waals surface area (Å²) in [5, 5.41) is 0. The molecule has 1 aromatic carbocycles. The third-order valence-corrected chi connectivity index (χ3v) is 7.96. The number of carbonyl (C=O) groups excluding carboxylic acids is 2. The van der Waals surface area contributed by atoms with Crippen LogP contribution in [-0.2, 0) is 14.2 Å². The molecule has 0 N–H and O–H groups in total. The van der Waals surface area contributed by atoms with Gasteiger partial charge in [0.1, 0.15) is 17.0 Å². The Hall–Kier alpha value is -2.54. The molecule has 7 nitrogen and oxygen atoms in total. The van der Waals surface area contributed by atoms with E-state index in [1.165, 1.54) is 12.7 Å². The molecule has 3 heterocycles. The minimum atomic E-state index is -0.530. The van der Waals surface area contributed by atoms with Gasteiger partial charge in [-0.25, -0.2) is 9.59 Å². The Balaban J connectivity index is 1.64. The molecule has 2 saturated heterocycles. The molecule has 0 aliphatic carbocycles. The number of benzene rings is 1. The summed E-state index contributed by atoms with van der Waals surface area (Å²) in [6.07, 6.45) is 6.36.